The monoisotopic (exact) mass is 314 g/mol. The zero-order chi connectivity index (χ0) is 13.8. The molecule has 0 bridgehead atoms. The molecule has 1 aliphatic carbocycles. The Labute approximate surface area is 135 Å². The molecule has 2 aliphatic heterocycles. The van der Waals surface area contributed by atoms with Crippen LogP contribution in [0.15, 0.2) is 0 Å². The van der Waals surface area contributed by atoms with Gasteiger partial charge in [0.1, 0.15) is 0 Å². The highest BCUT2D eigenvalue weighted by atomic mass is 35.5. The van der Waals surface area contributed by atoms with Crippen LogP contribution in [0.4, 0.5) is 0 Å². The average Bonchev–Trinajstić information content (AvgIpc) is 2.84. The summed E-state index contributed by atoms with van der Waals surface area (Å²) in [6.45, 7) is 4.36. The maximum atomic E-state index is 12.4. The van der Waals surface area contributed by atoms with Crippen LogP contribution in [0.1, 0.15) is 57.8 Å². The molecule has 2 heterocycles. The molecule has 0 radical (unpaired) electrons. The van der Waals surface area contributed by atoms with E-state index in [9.17, 15) is 4.79 Å². The third-order valence-electron chi connectivity index (χ3n) is 5.86. The Hall–Kier alpha value is -0.280. The Kier molecular flexibility index (Phi) is 6.81. The number of hydrogen-bond donors (Lipinski definition) is 1. The Bertz CT molecular complexity index is 317. The van der Waals surface area contributed by atoms with Crippen LogP contribution >= 0.6 is 12.4 Å². The first-order valence-corrected chi connectivity index (χ1v) is 8.81. The van der Waals surface area contributed by atoms with Crippen LogP contribution in [0.2, 0.25) is 0 Å². The maximum Gasteiger partial charge on any atom is 0.222 e. The highest BCUT2D eigenvalue weighted by Gasteiger charge is 2.31. The van der Waals surface area contributed by atoms with E-state index in [0.29, 0.717) is 5.91 Å². The number of nitrogens with one attached hydrogen (secondary N) is 1. The van der Waals surface area contributed by atoms with Gasteiger partial charge in [0.15, 0.2) is 0 Å². The molecule has 0 unspecified atom stereocenters. The van der Waals surface area contributed by atoms with Gasteiger partial charge in [-0.2, -0.15) is 0 Å². The van der Waals surface area contributed by atoms with Crippen LogP contribution in [0.25, 0.3) is 0 Å². The molecule has 0 aromatic rings. The fourth-order valence-corrected chi connectivity index (χ4v) is 4.43. The number of fused-ring (bicyclic) bond motifs is 1. The largest absolute Gasteiger partial charge is 0.343 e. The molecule has 2 saturated heterocycles. The third-order valence-corrected chi connectivity index (χ3v) is 5.86. The topological polar surface area (TPSA) is 32.3 Å². The fourth-order valence-electron chi connectivity index (χ4n) is 4.43. The maximum absolute atomic E-state index is 12.4. The van der Waals surface area contributed by atoms with Crippen LogP contribution in [-0.4, -0.2) is 37.0 Å². The van der Waals surface area contributed by atoms with E-state index >= 15 is 0 Å². The van der Waals surface area contributed by atoms with Gasteiger partial charge in [0.05, 0.1) is 0 Å². The number of halogens is 1. The van der Waals surface area contributed by atoms with Gasteiger partial charge in [-0.1, -0.05) is 32.1 Å². The first-order chi connectivity index (χ1) is 9.83. The molecule has 3 nitrogen and oxygen atoms in total. The molecule has 3 rings (SSSR count). The molecular weight excluding hydrogens is 284 g/mol. The summed E-state index contributed by atoms with van der Waals surface area (Å²) in [6.07, 6.45) is 11.3. The number of likely N-dealkylation sites (tertiary alicyclic amines) is 1. The van der Waals surface area contributed by atoms with E-state index in [-0.39, 0.29) is 12.4 Å². The second-order valence-corrected chi connectivity index (χ2v) is 7.18. The van der Waals surface area contributed by atoms with Crippen LogP contribution in [-0.2, 0) is 4.79 Å². The lowest BCUT2D eigenvalue weighted by molar-refractivity contribution is -0.131. The van der Waals surface area contributed by atoms with Crippen molar-refractivity contribution in [1.82, 2.24) is 10.2 Å². The second kappa shape index (κ2) is 8.38. The summed E-state index contributed by atoms with van der Waals surface area (Å²) in [7, 11) is 0. The van der Waals surface area contributed by atoms with Crippen molar-refractivity contribution in [2.24, 2.45) is 17.8 Å². The Morgan fingerprint density at radius 1 is 0.952 bits per heavy atom. The van der Waals surface area contributed by atoms with E-state index in [2.05, 4.69) is 10.2 Å². The average molecular weight is 315 g/mol. The molecule has 1 amide bonds. The van der Waals surface area contributed by atoms with Gasteiger partial charge >= 0.3 is 0 Å². The van der Waals surface area contributed by atoms with E-state index in [1.807, 2.05) is 0 Å². The minimum Gasteiger partial charge on any atom is -0.343 e. The molecule has 122 valence electrons. The number of carbonyl (C=O) groups is 1. The Balaban J connectivity index is 0.00000161. The molecule has 1 saturated carbocycles. The summed E-state index contributed by atoms with van der Waals surface area (Å²) < 4.78 is 0. The smallest absolute Gasteiger partial charge is 0.222 e. The highest BCUT2D eigenvalue weighted by Crippen LogP contribution is 2.29. The van der Waals surface area contributed by atoms with Gasteiger partial charge in [-0.3, -0.25) is 4.79 Å². The molecule has 2 atom stereocenters. The molecule has 4 heteroatoms. The Morgan fingerprint density at radius 2 is 1.57 bits per heavy atom. The predicted molar refractivity (Wildman–Crippen MR) is 88.7 cm³/mol. The van der Waals surface area contributed by atoms with E-state index in [0.717, 1.165) is 43.7 Å². The molecular formula is C17H31ClN2O. The zero-order valence-corrected chi connectivity index (χ0v) is 14.0. The van der Waals surface area contributed by atoms with Crippen molar-refractivity contribution in [2.75, 3.05) is 26.2 Å². The minimum absolute atomic E-state index is 0. The summed E-state index contributed by atoms with van der Waals surface area (Å²) >= 11 is 0. The Morgan fingerprint density at radius 3 is 2.19 bits per heavy atom. The van der Waals surface area contributed by atoms with Crippen molar-refractivity contribution in [2.45, 2.75) is 57.8 Å². The molecule has 0 aromatic heterocycles. The van der Waals surface area contributed by atoms with Gasteiger partial charge in [0.2, 0.25) is 5.91 Å². The van der Waals surface area contributed by atoms with Crippen LogP contribution in [0, 0.1) is 17.8 Å². The standard InChI is InChI=1S/C17H30N2O.ClH/c20-17(7-6-14-4-2-1-3-5-14)19-10-8-15-12-18-13-16(15)9-11-19;/h14-16,18H,1-13H2;1H/t15-,16+;. The van der Waals surface area contributed by atoms with Crippen LogP contribution in [0.3, 0.4) is 0 Å². The van der Waals surface area contributed by atoms with Crippen LogP contribution in [0.5, 0.6) is 0 Å². The lowest BCUT2D eigenvalue weighted by Crippen LogP contribution is -2.33. The summed E-state index contributed by atoms with van der Waals surface area (Å²) in [6, 6.07) is 0. The number of hydrogen-bond acceptors (Lipinski definition) is 2. The van der Waals surface area contributed by atoms with Crippen molar-refractivity contribution in [3.63, 3.8) is 0 Å². The molecule has 0 spiro atoms. The van der Waals surface area contributed by atoms with E-state index in [1.165, 1.54) is 58.0 Å². The fraction of sp³-hybridized carbons (Fsp3) is 0.941. The number of rotatable bonds is 3. The molecule has 21 heavy (non-hydrogen) atoms. The van der Waals surface area contributed by atoms with Gasteiger partial charge in [0.25, 0.3) is 0 Å². The predicted octanol–water partition coefficient (Wildman–Crippen LogP) is 3.23. The second-order valence-electron chi connectivity index (χ2n) is 7.18. The third kappa shape index (κ3) is 4.59. The molecule has 1 N–H and O–H groups in total. The summed E-state index contributed by atoms with van der Waals surface area (Å²) in [5, 5.41) is 3.50. The lowest BCUT2D eigenvalue weighted by Gasteiger charge is -2.24. The molecule has 3 aliphatic rings. The van der Waals surface area contributed by atoms with Gasteiger partial charge < -0.3 is 10.2 Å². The van der Waals surface area contributed by atoms with Gasteiger partial charge in [-0.15, -0.1) is 12.4 Å². The van der Waals surface area contributed by atoms with Gasteiger partial charge in [-0.25, -0.2) is 0 Å². The SMILES string of the molecule is Cl.O=C(CCC1CCCCC1)N1CC[C@@H]2CNC[C@@H]2CC1. The quantitative estimate of drug-likeness (QED) is 0.867. The highest BCUT2D eigenvalue weighted by molar-refractivity contribution is 5.85. The lowest BCUT2D eigenvalue weighted by atomic mass is 9.86. The summed E-state index contributed by atoms with van der Waals surface area (Å²) in [5.74, 6) is 2.92. The van der Waals surface area contributed by atoms with Crippen molar-refractivity contribution in [1.29, 1.82) is 0 Å². The van der Waals surface area contributed by atoms with Gasteiger partial charge in [-0.05, 0) is 50.1 Å². The first kappa shape index (κ1) is 17.1. The number of carbonyl (C=O) groups excluding carboxylic acids is 1. The zero-order valence-electron chi connectivity index (χ0n) is 13.2. The number of nitrogens with zero attached hydrogens (tertiary/aromatic N) is 1. The van der Waals surface area contributed by atoms with Crippen molar-refractivity contribution in [3.05, 3.63) is 0 Å². The van der Waals surface area contributed by atoms with E-state index in [4.69, 9.17) is 0 Å². The van der Waals surface area contributed by atoms with E-state index in [1.54, 1.807) is 0 Å². The van der Waals surface area contributed by atoms with Crippen molar-refractivity contribution < 1.29 is 4.79 Å². The van der Waals surface area contributed by atoms with Crippen LogP contribution < -0.4 is 5.32 Å². The normalized spacial score (nSPS) is 30.4. The number of amides is 1. The molecule has 0 aromatic carbocycles. The first-order valence-electron chi connectivity index (χ1n) is 8.81. The van der Waals surface area contributed by atoms with Gasteiger partial charge in [0, 0.05) is 19.5 Å². The van der Waals surface area contributed by atoms with Crippen molar-refractivity contribution >= 4 is 18.3 Å². The minimum atomic E-state index is 0. The van der Waals surface area contributed by atoms with Crippen molar-refractivity contribution in [3.8, 4) is 0 Å². The molecule has 3 fully saturated rings. The van der Waals surface area contributed by atoms with E-state index < -0.39 is 0 Å². The summed E-state index contributed by atoms with van der Waals surface area (Å²) in [4.78, 5) is 14.6. The summed E-state index contributed by atoms with van der Waals surface area (Å²) in [5.41, 5.74) is 0.